The van der Waals surface area contributed by atoms with Gasteiger partial charge in [-0.05, 0) is 40.5 Å². The first-order valence-corrected chi connectivity index (χ1v) is 6.80. The van der Waals surface area contributed by atoms with Crippen LogP contribution in [0.4, 0.5) is 0 Å². The highest BCUT2D eigenvalue weighted by molar-refractivity contribution is 9.10. The van der Waals surface area contributed by atoms with Gasteiger partial charge in [-0.1, -0.05) is 18.5 Å². The number of esters is 1. The molecule has 5 heteroatoms. The van der Waals surface area contributed by atoms with Crippen LogP contribution in [0.3, 0.4) is 0 Å². The minimum Gasteiger partial charge on any atom is -0.469 e. The second-order valence-corrected chi connectivity index (χ2v) is 5.26. The summed E-state index contributed by atoms with van der Waals surface area (Å²) in [6.45, 7) is 1.96. The average Bonchev–Trinajstić information content (AvgIpc) is 2.67. The number of ether oxygens (including phenoxy) is 1. The lowest BCUT2D eigenvalue weighted by atomic mass is 9.96. The zero-order valence-electron chi connectivity index (χ0n) is 10.1. The minimum absolute atomic E-state index is 0.237. The molecule has 1 aromatic heterocycles. The molecule has 0 aliphatic rings. The Labute approximate surface area is 119 Å². The summed E-state index contributed by atoms with van der Waals surface area (Å²) in [6.07, 6.45) is 0.671. The third-order valence-electron chi connectivity index (χ3n) is 3.00. The zero-order chi connectivity index (χ0) is 13.3. The van der Waals surface area contributed by atoms with Crippen LogP contribution < -0.4 is 0 Å². The second kappa shape index (κ2) is 5.33. The van der Waals surface area contributed by atoms with Crippen molar-refractivity contribution in [1.29, 1.82) is 0 Å². The Morgan fingerprint density at radius 1 is 1.56 bits per heavy atom. The van der Waals surface area contributed by atoms with Gasteiger partial charge >= 0.3 is 5.97 Å². The molecule has 2 rings (SSSR count). The van der Waals surface area contributed by atoms with Crippen LogP contribution in [-0.2, 0) is 9.53 Å². The molecule has 1 atom stereocenters. The molecule has 0 amide bonds. The van der Waals surface area contributed by atoms with Gasteiger partial charge in [0, 0.05) is 21.5 Å². The predicted octanol–water partition coefficient (Wildman–Crippen LogP) is 4.25. The van der Waals surface area contributed by atoms with Crippen molar-refractivity contribution in [3.05, 3.63) is 33.4 Å². The summed E-state index contributed by atoms with van der Waals surface area (Å²) >= 11 is 9.48. The van der Waals surface area contributed by atoms with Crippen LogP contribution >= 0.6 is 27.5 Å². The van der Waals surface area contributed by atoms with E-state index in [1.807, 2.05) is 25.1 Å². The number of methoxy groups -OCH3 is 1. The molecule has 96 valence electrons. The fraction of sp³-hybridized carbons (Fsp3) is 0.308. The molecule has 1 heterocycles. The van der Waals surface area contributed by atoms with Crippen molar-refractivity contribution in [2.45, 2.75) is 19.3 Å². The van der Waals surface area contributed by atoms with E-state index in [0.717, 1.165) is 21.1 Å². The molecular weight excluding hydrogens is 318 g/mol. The SMILES string of the molecule is CCC(C(=O)OC)c1c(Br)[nH]c2ccc(Cl)cc12. The van der Waals surface area contributed by atoms with Gasteiger partial charge in [0.05, 0.1) is 17.6 Å². The van der Waals surface area contributed by atoms with E-state index >= 15 is 0 Å². The first-order chi connectivity index (χ1) is 8.58. The number of halogens is 2. The maximum absolute atomic E-state index is 11.8. The molecule has 0 saturated carbocycles. The van der Waals surface area contributed by atoms with Crippen LogP contribution in [0.25, 0.3) is 10.9 Å². The number of hydrogen-bond donors (Lipinski definition) is 1. The molecule has 2 aromatic rings. The molecular formula is C13H13BrClNO2. The summed E-state index contributed by atoms with van der Waals surface area (Å²) in [6, 6.07) is 5.57. The standard InChI is InChI=1S/C13H13BrClNO2/c1-3-8(13(17)18-2)11-9-6-7(15)4-5-10(9)16-12(11)14/h4-6,8,16H,3H2,1-2H3. The number of nitrogens with one attached hydrogen (secondary N) is 1. The molecule has 1 aromatic carbocycles. The van der Waals surface area contributed by atoms with E-state index in [4.69, 9.17) is 16.3 Å². The molecule has 1 unspecified atom stereocenters. The van der Waals surface area contributed by atoms with E-state index in [9.17, 15) is 4.79 Å². The summed E-state index contributed by atoms with van der Waals surface area (Å²) < 4.78 is 5.66. The number of carbonyl (C=O) groups excluding carboxylic acids is 1. The number of aromatic nitrogens is 1. The maximum atomic E-state index is 11.8. The van der Waals surface area contributed by atoms with Crippen LogP contribution in [-0.4, -0.2) is 18.1 Å². The van der Waals surface area contributed by atoms with E-state index in [1.165, 1.54) is 7.11 Å². The molecule has 0 saturated heterocycles. The van der Waals surface area contributed by atoms with Crippen molar-refractivity contribution >= 4 is 44.4 Å². The average molecular weight is 331 g/mol. The van der Waals surface area contributed by atoms with Crippen molar-refractivity contribution in [3.63, 3.8) is 0 Å². The highest BCUT2D eigenvalue weighted by Crippen LogP contribution is 2.36. The predicted molar refractivity (Wildman–Crippen MR) is 76.1 cm³/mol. The Morgan fingerprint density at radius 2 is 2.28 bits per heavy atom. The van der Waals surface area contributed by atoms with Gasteiger partial charge in [0.25, 0.3) is 0 Å². The Balaban J connectivity index is 2.64. The first-order valence-electron chi connectivity index (χ1n) is 5.63. The smallest absolute Gasteiger partial charge is 0.313 e. The zero-order valence-corrected chi connectivity index (χ0v) is 12.4. The van der Waals surface area contributed by atoms with Gasteiger partial charge in [0.2, 0.25) is 0 Å². The molecule has 0 fully saturated rings. The Morgan fingerprint density at radius 3 is 2.89 bits per heavy atom. The summed E-state index contributed by atoms with van der Waals surface area (Å²) in [5, 5.41) is 1.60. The number of rotatable bonds is 3. The van der Waals surface area contributed by atoms with E-state index < -0.39 is 0 Å². The van der Waals surface area contributed by atoms with Crippen molar-refractivity contribution in [2.75, 3.05) is 7.11 Å². The normalized spacial score (nSPS) is 12.7. The number of fused-ring (bicyclic) bond motifs is 1. The third kappa shape index (κ3) is 2.27. The molecule has 0 radical (unpaired) electrons. The molecule has 18 heavy (non-hydrogen) atoms. The summed E-state index contributed by atoms with van der Waals surface area (Å²) in [4.78, 5) is 15.0. The Kier molecular flexibility index (Phi) is 3.97. The second-order valence-electron chi connectivity index (χ2n) is 4.03. The topological polar surface area (TPSA) is 42.1 Å². The van der Waals surface area contributed by atoms with Crippen LogP contribution in [0.1, 0.15) is 24.8 Å². The van der Waals surface area contributed by atoms with Crippen molar-refractivity contribution < 1.29 is 9.53 Å². The van der Waals surface area contributed by atoms with Gasteiger partial charge in [0.15, 0.2) is 0 Å². The molecule has 0 spiro atoms. The number of H-pyrrole nitrogens is 1. The van der Waals surface area contributed by atoms with Crippen LogP contribution in [0.2, 0.25) is 5.02 Å². The monoisotopic (exact) mass is 329 g/mol. The van der Waals surface area contributed by atoms with Gasteiger partial charge in [-0.2, -0.15) is 0 Å². The lowest BCUT2D eigenvalue weighted by molar-refractivity contribution is -0.142. The van der Waals surface area contributed by atoms with Crippen LogP contribution in [0, 0.1) is 0 Å². The largest absolute Gasteiger partial charge is 0.469 e. The lowest BCUT2D eigenvalue weighted by Crippen LogP contribution is -2.13. The molecule has 3 nitrogen and oxygen atoms in total. The lowest BCUT2D eigenvalue weighted by Gasteiger charge is -2.12. The van der Waals surface area contributed by atoms with Crippen LogP contribution in [0.15, 0.2) is 22.8 Å². The number of benzene rings is 1. The molecule has 0 aliphatic heterocycles. The Hall–Kier alpha value is -1.00. The number of aromatic amines is 1. The first kappa shape index (κ1) is 13.4. The number of carbonyl (C=O) groups is 1. The van der Waals surface area contributed by atoms with E-state index in [1.54, 1.807) is 0 Å². The Bertz CT molecular complexity index is 594. The third-order valence-corrected chi connectivity index (χ3v) is 3.86. The van der Waals surface area contributed by atoms with Crippen molar-refractivity contribution in [1.82, 2.24) is 4.98 Å². The summed E-state index contributed by atoms with van der Waals surface area (Å²) in [7, 11) is 1.40. The van der Waals surface area contributed by atoms with Gasteiger partial charge in [-0.15, -0.1) is 0 Å². The molecule has 1 N–H and O–H groups in total. The quantitative estimate of drug-likeness (QED) is 0.855. The van der Waals surface area contributed by atoms with E-state index in [0.29, 0.717) is 11.4 Å². The molecule has 0 aliphatic carbocycles. The minimum atomic E-state index is -0.295. The van der Waals surface area contributed by atoms with E-state index in [-0.39, 0.29) is 11.9 Å². The van der Waals surface area contributed by atoms with E-state index in [2.05, 4.69) is 20.9 Å². The van der Waals surface area contributed by atoms with Crippen LogP contribution in [0.5, 0.6) is 0 Å². The van der Waals surface area contributed by atoms with Crippen molar-refractivity contribution in [3.8, 4) is 0 Å². The highest BCUT2D eigenvalue weighted by Gasteiger charge is 2.25. The highest BCUT2D eigenvalue weighted by atomic mass is 79.9. The summed E-state index contributed by atoms with van der Waals surface area (Å²) in [5.41, 5.74) is 1.85. The fourth-order valence-corrected chi connectivity index (χ4v) is 3.00. The number of hydrogen-bond acceptors (Lipinski definition) is 2. The van der Waals surface area contributed by atoms with Gasteiger partial charge < -0.3 is 9.72 Å². The fourth-order valence-electron chi connectivity index (χ4n) is 2.12. The maximum Gasteiger partial charge on any atom is 0.313 e. The summed E-state index contributed by atoms with van der Waals surface area (Å²) in [5.74, 6) is -0.532. The van der Waals surface area contributed by atoms with Gasteiger partial charge in [-0.25, -0.2) is 0 Å². The van der Waals surface area contributed by atoms with Gasteiger partial charge in [0.1, 0.15) is 0 Å². The van der Waals surface area contributed by atoms with Crippen molar-refractivity contribution in [2.24, 2.45) is 0 Å². The van der Waals surface area contributed by atoms with Gasteiger partial charge in [-0.3, -0.25) is 4.79 Å². The molecule has 0 bridgehead atoms.